The lowest BCUT2D eigenvalue weighted by molar-refractivity contribution is -0.360. The fraction of sp³-hybridized carbons (Fsp3) is 0.800. The van der Waals surface area contributed by atoms with Crippen LogP contribution in [0.15, 0.2) is 12.2 Å². The van der Waals surface area contributed by atoms with Gasteiger partial charge in [0.05, 0.1) is 0 Å². The maximum atomic E-state index is 11.4. The summed E-state index contributed by atoms with van der Waals surface area (Å²) in [5, 5.41) is 7.94. The average molecular weight is 362 g/mol. The zero-order valence-corrected chi connectivity index (χ0v) is 13.3. The summed E-state index contributed by atoms with van der Waals surface area (Å²) in [7, 11) is 0. The van der Waals surface area contributed by atoms with Crippen LogP contribution >= 0.6 is 0 Å². The van der Waals surface area contributed by atoms with Gasteiger partial charge in [-0.1, -0.05) is 6.58 Å². The average Bonchev–Trinajstić information content (AvgIpc) is 2.98. The number of halogens is 6. The van der Waals surface area contributed by atoms with E-state index in [0.29, 0.717) is 11.5 Å². The summed E-state index contributed by atoms with van der Waals surface area (Å²) in [6, 6.07) is 0. The maximum absolute atomic E-state index is 11.4. The lowest BCUT2D eigenvalue weighted by atomic mass is 9.98. The third-order valence-electron chi connectivity index (χ3n) is 4.38. The molecule has 24 heavy (non-hydrogen) atoms. The van der Waals surface area contributed by atoms with Gasteiger partial charge in [0, 0.05) is 5.57 Å². The van der Waals surface area contributed by atoms with E-state index in [1.807, 2.05) is 0 Å². The molecule has 0 amide bonds. The van der Waals surface area contributed by atoms with E-state index in [1.54, 1.807) is 6.92 Å². The molecule has 0 saturated heterocycles. The maximum Gasteiger partial charge on any atom is 0.425 e. The number of aliphatic hydroxyl groups is 1. The van der Waals surface area contributed by atoms with Gasteiger partial charge in [0.2, 0.25) is 0 Å². The molecular formula is C15H20F6O3. The topological polar surface area (TPSA) is 46.5 Å². The highest BCUT2D eigenvalue weighted by Gasteiger charge is 2.67. The molecule has 3 unspecified atom stereocenters. The second-order valence-corrected chi connectivity index (χ2v) is 6.47. The van der Waals surface area contributed by atoms with Gasteiger partial charge in [-0.05, 0) is 51.4 Å². The van der Waals surface area contributed by atoms with Gasteiger partial charge in [-0.2, -0.15) is 26.3 Å². The lowest BCUT2D eigenvalue weighted by Gasteiger charge is -2.28. The van der Waals surface area contributed by atoms with Crippen LogP contribution in [0.25, 0.3) is 0 Å². The van der Waals surface area contributed by atoms with Crippen LogP contribution in [-0.4, -0.2) is 35.1 Å². The van der Waals surface area contributed by atoms with Crippen molar-refractivity contribution in [1.82, 2.24) is 0 Å². The minimum absolute atomic E-state index is 0.197. The largest absolute Gasteiger partial charge is 0.459 e. The van der Waals surface area contributed by atoms with Gasteiger partial charge in [-0.25, -0.2) is 4.79 Å². The molecule has 2 fully saturated rings. The SMILES string of the molecule is C=C(C)C(=O)OC1CC2CCC1C2.CC(O)(C(F)(F)F)C(F)(F)F. The monoisotopic (exact) mass is 362 g/mol. The van der Waals surface area contributed by atoms with Gasteiger partial charge in [-0.3, -0.25) is 0 Å². The minimum atomic E-state index is -5.69. The molecule has 2 bridgehead atoms. The number of hydrogen-bond acceptors (Lipinski definition) is 3. The Morgan fingerprint density at radius 2 is 1.58 bits per heavy atom. The van der Waals surface area contributed by atoms with Crippen molar-refractivity contribution in [1.29, 1.82) is 0 Å². The van der Waals surface area contributed by atoms with Gasteiger partial charge in [0.25, 0.3) is 5.60 Å². The first kappa shape index (κ1) is 20.8. The van der Waals surface area contributed by atoms with Gasteiger partial charge in [-0.15, -0.1) is 0 Å². The quantitative estimate of drug-likeness (QED) is 0.456. The highest BCUT2D eigenvalue weighted by Crippen LogP contribution is 2.46. The summed E-state index contributed by atoms with van der Waals surface area (Å²) < 4.78 is 73.5. The Bertz CT molecular complexity index is 465. The molecule has 2 rings (SSSR count). The van der Waals surface area contributed by atoms with Crippen molar-refractivity contribution < 1.29 is 41.0 Å². The number of hydrogen-bond donors (Lipinski definition) is 1. The van der Waals surface area contributed by atoms with E-state index < -0.39 is 18.0 Å². The van der Waals surface area contributed by atoms with Crippen LogP contribution in [0.4, 0.5) is 26.3 Å². The Hall–Kier alpha value is -1.25. The fourth-order valence-corrected chi connectivity index (χ4v) is 2.73. The van der Waals surface area contributed by atoms with Crippen molar-refractivity contribution in [3.63, 3.8) is 0 Å². The molecular weight excluding hydrogens is 342 g/mol. The van der Waals surface area contributed by atoms with Crippen molar-refractivity contribution in [2.45, 2.75) is 63.6 Å². The summed E-state index contributed by atoms with van der Waals surface area (Å²) in [5.74, 6) is 1.26. The highest BCUT2D eigenvalue weighted by atomic mass is 19.4. The van der Waals surface area contributed by atoms with Crippen LogP contribution in [0.1, 0.15) is 39.5 Å². The zero-order chi connectivity index (χ0) is 18.9. The van der Waals surface area contributed by atoms with E-state index in [1.165, 1.54) is 19.3 Å². The molecule has 3 atom stereocenters. The van der Waals surface area contributed by atoms with Crippen LogP contribution in [0.3, 0.4) is 0 Å². The second kappa shape index (κ2) is 6.93. The van der Waals surface area contributed by atoms with Crippen LogP contribution < -0.4 is 0 Å². The summed E-state index contributed by atoms with van der Waals surface area (Å²) in [6.07, 6.45) is -6.23. The number of carbonyl (C=O) groups is 1. The molecule has 0 aromatic heterocycles. The lowest BCUT2D eigenvalue weighted by Crippen LogP contribution is -2.54. The summed E-state index contributed by atoms with van der Waals surface area (Å²) in [6.45, 7) is 4.95. The molecule has 0 radical (unpaired) electrons. The third-order valence-corrected chi connectivity index (χ3v) is 4.38. The molecule has 1 N–H and O–H groups in total. The molecule has 0 heterocycles. The van der Waals surface area contributed by atoms with Crippen molar-refractivity contribution >= 4 is 5.97 Å². The van der Waals surface area contributed by atoms with Crippen LogP contribution in [0.2, 0.25) is 0 Å². The molecule has 3 nitrogen and oxygen atoms in total. The Morgan fingerprint density at radius 1 is 1.08 bits per heavy atom. The number of fused-ring (bicyclic) bond motifs is 2. The molecule has 0 aromatic rings. The first-order chi connectivity index (χ1) is 10.7. The van der Waals surface area contributed by atoms with Gasteiger partial charge >= 0.3 is 18.3 Å². The van der Waals surface area contributed by atoms with E-state index in [2.05, 4.69) is 6.58 Å². The molecule has 2 aliphatic carbocycles. The van der Waals surface area contributed by atoms with Gasteiger partial charge in [0.1, 0.15) is 6.10 Å². The van der Waals surface area contributed by atoms with Crippen LogP contribution in [0.5, 0.6) is 0 Å². The molecule has 9 heteroatoms. The van der Waals surface area contributed by atoms with Crippen molar-refractivity contribution in [2.24, 2.45) is 11.8 Å². The van der Waals surface area contributed by atoms with E-state index in [-0.39, 0.29) is 19.0 Å². The second-order valence-electron chi connectivity index (χ2n) is 6.47. The van der Waals surface area contributed by atoms with E-state index in [9.17, 15) is 31.1 Å². The zero-order valence-electron chi connectivity index (χ0n) is 13.3. The highest BCUT2D eigenvalue weighted by molar-refractivity contribution is 5.87. The van der Waals surface area contributed by atoms with Crippen LogP contribution in [0, 0.1) is 11.8 Å². The third kappa shape index (κ3) is 4.64. The molecule has 2 saturated carbocycles. The number of alkyl halides is 6. The normalized spacial score (nSPS) is 26.6. The molecule has 2 aliphatic rings. The molecule has 0 aromatic carbocycles. The Morgan fingerprint density at radius 3 is 1.83 bits per heavy atom. The number of esters is 1. The first-order valence-electron chi connectivity index (χ1n) is 7.39. The van der Waals surface area contributed by atoms with E-state index >= 15 is 0 Å². The first-order valence-corrected chi connectivity index (χ1v) is 7.39. The molecule has 0 spiro atoms. The predicted octanol–water partition coefficient (Wildman–Crippen LogP) is 4.16. The molecule has 0 aliphatic heterocycles. The summed E-state index contributed by atoms with van der Waals surface area (Å²) in [5.41, 5.74) is -4.11. The van der Waals surface area contributed by atoms with E-state index in [0.717, 1.165) is 12.3 Å². The Labute approximate surface area is 135 Å². The summed E-state index contributed by atoms with van der Waals surface area (Å²) in [4.78, 5) is 11.3. The predicted molar refractivity (Wildman–Crippen MR) is 72.9 cm³/mol. The van der Waals surface area contributed by atoms with Crippen LogP contribution in [-0.2, 0) is 9.53 Å². The smallest absolute Gasteiger partial charge is 0.425 e. The Kier molecular flexibility index (Phi) is 6.01. The van der Waals surface area contributed by atoms with Crippen molar-refractivity contribution in [3.8, 4) is 0 Å². The van der Waals surface area contributed by atoms with Crippen molar-refractivity contribution in [2.75, 3.05) is 0 Å². The van der Waals surface area contributed by atoms with Gasteiger partial charge in [0.15, 0.2) is 0 Å². The summed E-state index contributed by atoms with van der Waals surface area (Å²) >= 11 is 0. The number of ether oxygens (including phenoxy) is 1. The standard InChI is InChI=1S/C11H16O2.C4H4F6O/c1-7(2)11(12)13-10-6-8-3-4-9(10)5-8;1-2(11,3(5,6)7)4(8,9)10/h8-10H,1,3-6H2,2H3;11H,1H3. The number of carbonyl (C=O) groups excluding carboxylic acids is 1. The number of rotatable bonds is 2. The van der Waals surface area contributed by atoms with Gasteiger partial charge < -0.3 is 9.84 Å². The Balaban J connectivity index is 0.000000245. The fourth-order valence-electron chi connectivity index (χ4n) is 2.73. The van der Waals surface area contributed by atoms with Crippen molar-refractivity contribution in [3.05, 3.63) is 12.2 Å². The molecule has 140 valence electrons. The van der Waals surface area contributed by atoms with E-state index in [4.69, 9.17) is 9.84 Å². The minimum Gasteiger partial charge on any atom is -0.459 e.